The zero-order chi connectivity index (χ0) is 16.5. The normalized spacial score (nSPS) is 16.5. The number of anilines is 1. The van der Waals surface area contributed by atoms with E-state index in [9.17, 15) is 4.79 Å². The number of carbonyl (C=O) groups is 1. The van der Waals surface area contributed by atoms with Gasteiger partial charge in [0.15, 0.2) is 0 Å². The summed E-state index contributed by atoms with van der Waals surface area (Å²) in [5, 5.41) is 2.83. The summed E-state index contributed by atoms with van der Waals surface area (Å²) < 4.78 is 0. The molecule has 0 atom stereocenters. The molecule has 4 heterocycles. The summed E-state index contributed by atoms with van der Waals surface area (Å²) in [6.07, 6.45) is 6.09. The number of amides is 1. The number of hydrogen-bond acceptors (Lipinski definition) is 3. The van der Waals surface area contributed by atoms with Crippen molar-refractivity contribution in [3.8, 4) is 0 Å². The third-order valence-corrected chi connectivity index (χ3v) is 4.79. The Morgan fingerprint density at radius 3 is 2.83 bits per heavy atom. The van der Waals surface area contributed by atoms with E-state index >= 15 is 0 Å². The van der Waals surface area contributed by atoms with Gasteiger partial charge in [0.25, 0.3) is 5.91 Å². The molecule has 24 heavy (non-hydrogen) atoms. The maximum Gasteiger partial charge on any atom is 0.275 e. The van der Waals surface area contributed by atoms with Gasteiger partial charge >= 0.3 is 0 Å². The summed E-state index contributed by atoms with van der Waals surface area (Å²) in [5.74, 6) is 0.977. The molecule has 0 aliphatic carbocycles. The highest BCUT2D eigenvalue weighted by Crippen LogP contribution is 2.32. The SMILES string of the molecule is CN1CCC(c2c[nH]c3ccc(C(=O)Nc4ccc[nH]4)nc23)CC1. The molecule has 1 fully saturated rings. The number of hydrogen-bond donors (Lipinski definition) is 3. The van der Waals surface area contributed by atoms with Crippen LogP contribution in [0.3, 0.4) is 0 Å². The topological polar surface area (TPSA) is 76.8 Å². The highest BCUT2D eigenvalue weighted by atomic mass is 16.1. The summed E-state index contributed by atoms with van der Waals surface area (Å²) in [7, 11) is 2.16. The number of H-pyrrole nitrogens is 2. The van der Waals surface area contributed by atoms with Crippen LogP contribution in [0.25, 0.3) is 11.0 Å². The first kappa shape index (κ1) is 15.0. The first-order valence-corrected chi connectivity index (χ1v) is 8.32. The van der Waals surface area contributed by atoms with Crippen molar-refractivity contribution in [1.29, 1.82) is 0 Å². The minimum absolute atomic E-state index is 0.199. The summed E-state index contributed by atoms with van der Waals surface area (Å²) >= 11 is 0. The van der Waals surface area contributed by atoms with Crippen LogP contribution in [0.2, 0.25) is 0 Å². The Hall–Kier alpha value is -2.60. The van der Waals surface area contributed by atoms with Gasteiger partial charge in [0, 0.05) is 12.4 Å². The maximum absolute atomic E-state index is 12.4. The molecule has 0 spiro atoms. The molecule has 6 heteroatoms. The predicted octanol–water partition coefficient (Wildman–Crippen LogP) is 2.95. The number of carbonyl (C=O) groups excluding carboxylic acids is 1. The first-order chi connectivity index (χ1) is 11.7. The van der Waals surface area contributed by atoms with Gasteiger partial charge in [0.1, 0.15) is 11.5 Å². The minimum atomic E-state index is -0.199. The van der Waals surface area contributed by atoms with Crippen molar-refractivity contribution >= 4 is 22.8 Å². The Labute approximate surface area is 140 Å². The van der Waals surface area contributed by atoms with Crippen LogP contribution >= 0.6 is 0 Å². The number of nitrogens with zero attached hydrogens (tertiary/aromatic N) is 2. The van der Waals surface area contributed by atoms with Crippen LogP contribution in [0.15, 0.2) is 36.7 Å². The Bertz CT molecular complexity index is 844. The predicted molar refractivity (Wildman–Crippen MR) is 94.3 cm³/mol. The fourth-order valence-electron chi connectivity index (χ4n) is 3.37. The molecule has 0 bridgehead atoms. The summed E-state index contributed by atoms with van der Waals surface area (Å²) in [5.41, 5.74) is 3.57. The number of fused-ring (bicyclic) bond motifs is 1. The molecular formula is C18H21N5O. The molecule has 1 aliphatic rings. The molecule has 124 valence electrons. The fraction of sp³-hybridized carbons (Fsp3) is 0.333. The van der Waals surface area contributed by atoms with Crippen LogP contribution in [-0.2, 0) is 0 Å². The first-order valence-electron chi connectivity index (χ1n) is 8.32. The second kappa shape index (κ2) is 6.13. The molecule has 3 aromatic heterocycles. The molecule has 1 aliphatic heterocycles. The Kier molecular flexibility index (Phi) is 3.82. The van der Waals surface area contributed by atoms with E-state index in [1.165, 1.54) is 5.56 Å². The fourth-order valence-corrected chi connectivity index (χ4v) is 3.37. The van der Waals surface area contributed by atoms with Crippen LogP contribution in [-0.4, -0.2) is 45.9 Å². The Morgan fingerprint density at radius 1 is 1.25 bits per heavy atom. The molecule has 0 aromatic carbocycles. The lowest BCUT2D eigenvalue weighted by Crippen LogP contribution is -2.29. The second-order valence-electron chi connectivity index (χ2n) is 6.45. The molecule has 0 unspecified atom stereocenters. The van der Waals surface area contributed by atoms with E-state index < -0.39 is 0 Å². The standard InChI is InChI=1S/C18H21N5O/c1-23-9-6-12(7-10-23)13-11-20-14-4-5-15(21-17(13)14)18(24)22-16-3-2-8-19-16/h2-5,8,11-12,19-20H,6-7,9-10H2,1H3,(H,22,24). The number of likely N-dealkylation sites (tertiary alicyclic amines) is 1. The lowest BCUT2D eigenvalue weighted by Gasteiger charge is -2.28. The molecule has 1 amide bonds. The second-order valence-corrected chi connectivity index (χ2v) is 6.45. The number of pyridine rings is 1. The number of piperidine rings is 1. The van der Waals surface area contributed by atoms with Gasteiger partial charge in [0.2, 0.25) is 0 Å². The largest absolute Gasteiger partial charge is 0.360 e. The molecule has 1 saturated heterocycles. The van der Waals surface area contributed by atoms with Crippen LogP contribution < -0.4 is 5.32 Å². The van der Waals surface area contributed by atoms with Crippen molar-refractivity contribution in [2.45, 2.75) is 18.8 Å². The van der Waals surface area contributed by atoms with Crippen LogP contribution in [0.4, 0.5) is 5.82 Å². The molecule has 3 N–H and O–H groups in total. The van der Waals surface area contributed by atoms with Crippen molar-refractivity contribution in [3.63, 3.8) is 0 Å². The Balaban J connectivity index is 1.62. The monoisotopic (exact) mass is 323 g/mol. The zero-order valence-corrected chi connectivity index (χ0v) is 13.7. The molecular weight excluding hydrogens is 302 g/mol. The third-order valence-electron chi connectivity index (χ3n) is 4.79. The highest BCUT2D eigenvalue weighted by molar-refractivity contribution is 6.03. The Morgan fingerprint density at radius 2 is 2.08 bits per heavy atom. The van der Waals surface area contributed by atoms with Crippen LogP contribution in [0.1, 0.15) is 34.8 Å². The lowest BCUT2D eigenvalue weighted by molar-refractivity contribution is 0.102. The van der Waals surface area contributed by atoms with Gasteiger partial charge < -0.3 is 20.2 Å². The van der Waals surface area contributed by atoms with E-state index in [2.05, 4.69) is 38.4 Å². The summed E-state index contributed by atoms with van der Waals surface area (Å²) in [6, 6.07) is 7.35. The summed E-state index contributed by atoms with van der Waals surface area (Å²) in [6.45, 7) is 2.20. The van der Waals surface area contributed by atoms with Gasteiger partial charge in [0.05, 0.1) is 11.0 Å². The molecule has 6 nitrogen and oxygen atoms in total. The smallest absolute Gasteiger partial charge is 0.275 e. The molecule has 3 aromatic rings. The lowest BCUT2D eigenvalue weighted by atomic mass is 9.90. The van der Waals surface area contributed by atoms with E-state index in [0.717, 1.165) is 37.0 Å². The zero-order valence-electron chi connectivity index (χ0n) is 13.7. The maximum atomic E-state index is 12.4. The molecule has 0 radical (unpaired) electrons. The van der Waals surface area contributed by atoms with Crippen molar-refractivity contribution in [2.24, 2.45) is 0 Å². The van der Waals surface area contributed by atoms with Gasteiger partial charge in [-0.2, -0.15) is 0 Å². The van der Waals surface area contributed by atoms with E-state index in [0.29, 0.717) is 17.4 Å². The van der Waals surface area contributed by atoms with Crippen molar-refractivity contribution in [2.75, 3.05) is 25.5 Å². The van der Waals surface area contributed by atoms with Gasteiger partial charge in [-0.3, -0.25) is 4.79 Å². The van der Waals surface area contributed by atoms with E-state index in [1.807, 2.05) is 18.2 Å². The van der Waals surface area contributed by atoms with E-state index in [4.69, 9.17) is 0 Å². The number of rotatable bonds is 3. The number of aromatic amines is 2. The average molecular weight is 323 g/mol. The van der Waals surface area contributed by atoms with E-state index in [1.54, 1.807) is 12.3 Å². The van der Waals surface area contributed by atoms with Gasteiger partial charge in [-0.05, 0) is 68.7 Å². The van der Waals surface area contributed by atoms with Gasteiger partial charge in [-0.1, -0.05) is 0 Å². The summed E-state index contributed by atoms with van der Waals surface area (Å²) in [4.78, 5) is 25.7. The van der Waals surface area contributed by atoms with Gasteiger partial charge in [-0.25, -0.2) is 4.98 Å². The van der Waals surface area contributed by atoms with E-state index in [-0.39, 0.29) is 5.91 Å². The highest BCUT2D eigenvalue weighted by Gasteiger charge is 2.22. The van der Waals surface area contributed by atoms with Crippen LogP contribution in [0, 0.1) is 0 Å². The van der Waals surface area contributed by atoms with Crippen molar-refractivity contribution < 1.29 is 4.79 Å². The quantitative estimate of drug-likeness (QED) is 0.693. The van der Waals surface area contributed by atoms with Gasteiger partial charge in [-0.15, -0.1) is 0 Å². The van der Waals surface area contributed by atoms with Crippen molar-refractivity contribution in [3.05, 3.63) is 47.9 Å². The number of nitrogens with one attached hydrogen (secondary N) is 3. The minimum Gasteiger partial charge on any atom is -0.360 e. The van der Waals surface area contributed by atoms with Crippen molar-refractivity contribution in [1.82, 2.24) is 19.9 Å². The molecule has 0 saturated carbocycles. The third kappa shape index (κ3) is 2.80. The van der Waals surface area contributed by atoms with Crippen LogP contribution in [0.5, 0.6) is 0 Å². The average Bonchev–Trinajstić information content (AvgIpc) is 3.24. The molecule has 4 rings (SSSR count). The number of aromatic nitrogens is 3.